The van der Waals surface area contributed by atoms with Gasteiger partial charge in [-0.15, -0.1) is 0 Å². The molecule has 0 aliphatic rings. The predicted molar refractivity (Wildman–Crippen MR) is 58.3 cm³/mol. The quantitative estimate of drug-likeness (QED) is 0.786. The minimum atomic E-state index is -3.50. The van der Waals surface area contributed by atoms with Crippen molar-refractivity contribution in [2.45, 2.75) is 0 Å². The van der Waals surface area contributed by atoms with Crippen LogP contribution in [0.25, 0.3) is 0 Å². The molecule has 0 heterocycles. The van der Waals surface area contributed by atoms with E-state index in [1.807, 2.05) is 4.72 Å². The molecule has 6 heteroatoms. The van der Waals surface area contributed by atoms with Crippen molar-refractivity contribution in [3.8, 4) is 0 Å². The first-order chi connectivity index (χ1) is 6.92. The lowest BCUT2D eigenvalue weighted by atomic mass is 10.2. The van der Waals surface area contributed by atoms with E-state index in [-0.39, 0.29) is 0 Å². The molecular formula is C9H12N2O3S. The Bertz CT molecular complexity index is 451. The van der Waals surface area contributed by atoms with Crippen molar-refractivity contribution in [1.82, 2.24) is 4.72 Å². The fourth-order valence-corrected chi connectivity index (χ4v) is 1.47. The number of nitrogens with one attached hydrogen (secondary N) is 2. The van der Waals surface area contributed by atoms with Crippen LogP contribution in [-0.4, -0.2) is 27.6 Å². The van der Waals surface area contributed by atoms with Crippen molar-refractivity contribution >= 4 is 21.6 Å². The van der Waals surface area contributed by atoms with E-state index in [2.05, 4.69) is 5.32 Å². The second kappa shape index (κ2) is 4.31. The zero-order valence-electron chi connectivity index (χ0n) is 8.44. The number of anilines is 1. The summed E-state index contributed by atoms with van der Waals surface area (Å²) in [7, 11) is -1.75. The number of amides is 1. The second-order valence-corrected chi connectivity index (χ2v) is 4.78. The number of hydrogen-bond acceptors (Lipinski definition) is 4. The van der Waals surface area contributed by atoms with Crippen molar-refractivity contribution in [3.05, 3.63) is 29.8 Å². The molecule has 0 unspecified atom stereocenters. The Labute approximate surface area is 88.5 Å². The van der Waals surface area contributed by atoms with Gasteiger partial charge in [0.1, 0.15) is 0 Å². The van der Waals surface area contributed by atoms with Crippen molar-refractivity contribution in [2.24, 2.45) is 0 Å². The van der Waals surface area contributed by atoms with Gasteiger partial charge in [-0.2, -0.15) is 0 Å². The summed E-state index contributed by atoms with van der Waals surface area (Å²) in [4.78, 5) is 11.3. The lowest BCUT2D eigenvalue weighted by Crippen LogP contribution is -2.29. The molecule has 1 amide bonds. The number of carbonyl (C=O) groups excluding carboxylic acids is 1. The van der Waals surface area contributed by atoms with Crippen LogP contribution in [0.4, 0.5) is 5.69 Å². The van der Waals surface area contributed by atoms with Crippen LogP contribution in [0.3, 0.4) is 0 Å². The van der Waals surface area contributed by atoms with Gasteiger partial charge in [-0.05, 0) is 24.3 Å². The van der Waals surface area contributed by atoms with Gasteiger partial charge in [-0.25, -0.2) is 13.1 Å². The number of sulfonamides is 1. The first kappa shape index (κ1) is 11.5. The molecule has 0 spiro atoms. The molecule has 0 fully saturated rings. The molecule has 5 nitrogen and oxygen atoms in total. The zero-order chi connectivity index (χ0) is 11.5. The van der Waals surface area contributed by atoms with Crippen LogP contribution >= 0.6 is 0 Å². The maximum absolute atomic E-state index is 11.3. The maximum atomic E-state index is 11.3. The van der Waals surface area contributed by atoms with E-state index in [4.69, 9.17) is 0 Å². The van der Waals surface area contributed by atoms with Crippen molar-refractivity contribution < 1.29 is 13.2 Å². The largest absolute Gasteiger partial charge is 0.388 e. The minimum Gasteiger partial charge on any atom is -0.388 e. The summed E-state index contributed by atoms with van der Waals surface area (Å²) >= 11 is 0. The standard InChI is InChI=1S/C9H12N2O3S/c1-10-8-5-3-7(4-6-8)9(12)11-15(2,13)14/h3-6,10H,1-2H3,(H,11,12). The van der Waals surface area contributed by atoms with Crippen LogP contribution < -0.4 is 10.0 Å². The lowest BCUT2D eigenvalue weighted by Gasteiger charge is -2.03. The normalized spacial score (nSPS) is 10.8. The van der Waals surface area contributed by atoms with Crippen LogP contribution in [0.2, 0.25) is 0 Å². The molecule has 0 aromatic heterocycles. The van der Waals surface area contributed by atoms with Gasteiger partial charge in [0.15, 0.2) is 0 Å². The van der Waals surface area contributed by atoms with E-state index in [1.165, 1.54) is 0 Å². The maximum Gasteiger partial charge on any atom is 0.264 e. The monoisotopic (exact) mass is 228 g/mol. The number of rotatable bonds is 3. The van der Waals surface area contributed by atoms with E-state index in [1.54, 1.807) is 31.3 Å². The van der Waals surface area contributed by atoms with E-state index < -0.39 is 15.9 Å². The van der Waals surface area contributed by atoms with E-state index in [9.17, 15) is 13.2 Å². The smallest absolute Gasteiger partial charge is 0.264 e. The van der Waals surface area contributed by atoms with Crippen molar-refractivity contribution in [1.29, 1.82) is 0 Å². The van der Waals surface area contributed by atoms with Crippen LogP contribution in [0, 0.1) is 0 Å². The highest BCUT2D eigenvalue weighted by Crippen LogP contribution is 2.08. The van der Waals surface area contributed by atoms with Crippen molar-refractivity contribution in [2.75, 3.05) is 18.6 Å². The summed E-state index contributed by atoms with van der Waals surface area (Å²) in [5.74, 6) is -0.625. The zero-order valence-corrected chi connectivity index (χ0v) is 9.26. The van der Waals surface area contributed by atoms with Gasteiger partial charge in [-0.1, -0.05) is 0 Å². The summed E-state index contributed by atoms with van der Waals surface area (Å²) in [6.45, 7) is 0. The Morgan fingerprint density at radius 1 is 1.20 bits per heavy atom. The molecule has 1 rings (SSSR count). The fraction of sp³-hybridized carbons (Fsp3) is 0.222. The molecule has 1 aromatic rings. The number of carbonyl (C=O) groups is 1. The first-order valence-corrected chi connectivity index (χ1v) is 6.11. The average molecular weight is 228 g/mol. The molecule has 0 radical (unpaired) electrons. The Hall–Kier alpha value is -1.56. The van der Waals surface area contributed by atoms with Gasteiger partial charge in [-0.3, -0.25) is 4.79 Å². The van der Waals surface area contributed by atoms with Crippen LogP contribution in [0.15, 0.2) is 24.3 Å². The molecule has 0 saturated heterocycles. The Balaban J connectivity index is 2.84. The second-order valence-electron chi connectivity index (χ2n) is 3.03. The average Bonchev–Trinajstić information content (AvgIpc) is 2.15. The molecule has 0 saturated carbocycles. The Morgan fingerprint density at radius 2 is 1.73 bits per heavy atom. The van der Waals surface area contributed by atoms with Gasteiger partial charge in [0.2, 0.25) is 10.0 Å². The summed E-state index contributed by atoms with van der Waals surface area (Å²) < 4.78 is 23.5. The molecule has 82 valence electrons. The lowest BCUT2D eigenvalue weighted by molar-refractivity contribution is 0.0981. The number of benzene rings is 1. The molecule has 0 aliphatic carbocycles. The molecule has 1 aromatic carbocycles. The molecule has 0 bridgehead atoms. The van der Waals surface area contributed by atoms with E-state index >= 15 is 0 Å². The van der Waals surface area contributed by atoms with Crippen LogP contribution in [0.1, 0.15) is 10.4 Å². The Kier molecular flexibility index (Phi) is 3.31. The third kappa shape index (κ3) is 3.59. The molecule has 15 heavy (non-hydrogen) atoms. The van der Waals surface area contributed by atoms with Crippen LogP contribution in [0.5, 0.6) is 0 Å². The number of hydrogen-bond donors (Lipinski definition) is 2. The third-order valence-electron chi connectivity index (χ3n) is 1.71. The first-order valence-electron chi connectivity index (χ1n) is 4.22. The summed E-state index contributed by atoms with van der Waals surface area (Å²) in [6, 6.07) is 6.48. The highest BCUT2D eigenvalue weighted by atomic mass is 32.2. The van der Waals surface area contributed by atoms with Gasteiger partial charge in [0, 0.05) is 18.3 Å². The molecule has 2 N–H and O–H groups in total. The molecule has 0 atom stereocenters. The highest BCUT2D eigenvalue weighted by Gasteiger charge is 2.10. The third-order valence-corrected chi connectivity index (χ3v) is 2.27. The minimum absolute atomic E-state index is 0.305. The van der Waals surface area contributed by atoms with Gasteiger partial charge >= 0.3 is 0 Å². The predicted octanol–water partition coefficient (Wildman–Crippen LogP) is 0.418. The van der Waals surface area contributed by atoms with Crippen molar-refractivity contribution in [3.63, 3.8) is 0 Å². The van der Waals surface area contributed by atoms with E-state index in [0.29, 0.717) is 5.56 Å². The summed E-state index contributed by atoms with van der Waals surface area (Å²) in [6.07, 6.45) is 0.937. The molecule has 0 aliphatic heterocycles. The summed E-state index contributed by atoms with van der Waals surface area (Å²) in [5.41, 5.74) is 1.16. The van der Waals surface area contributed by atoms with E-state index in [0.717, 1.165) is 11.9 Å². The summed E-state index contributed by atoms with van der Waals surface area (Å²) in [5, 5.41) is 2.89. The fourth-order valence-electron chi connectivity index (χ4n) is 1.02. The van der Waals surface area contributed by atoms with Gasteiger partial charge in [0.05, 0.1) is 6.26 Å². The molecular weight excluding hydrogens is 216 g/mol. The SMILES string of the molecule is CNc1ccc(C(=O)NS(C)(=O)=O)cc1. The van der Waals surface area contributed by atoms with Gasteiger partial charge in [0.25, 0.3) is 5.91 Å². The van der Waals surface area contributed by atoms with Crippen LogP contribution in [-0.2, 0) is 10.0 Å². The highest BCUT2D eigenvalue weighted by molar-refractivity contribution is 7.89. The Morgan fingerprint density at radius 3 is 2.13 bits per heavy atom. The topological polar surface area (TPSA) is 75.3 Å². The van der Waals surface area contributed by atoms with Gasteiger partial charge < -0.3 is 5.32 Å².